The smallest absolute Gasteiger partial charge is 0.318 e. The lowest BCUT2D eigenvalue weighted by Crippen LogP contribution is -2.43. The standard InChI is InChI=1S/C28H30FN7O3S/c29-17-12-28(6-2-8-35(28)14-17)16-39-27-32-19-15-36(20-4-1-5-21-22(20)18(13-30)24(31)40-21)26(37)23(19)25(33-27)34-7-3-10-38-11-9-34/h1,4-5,17H,2-3,6-12,14-16,31H2/t17-,28+/m1/s1. The number of aromatic nitrogens is 2. The number of hydrogen-bond donors (Lipinski definition) is 1. The van der Waals surface area contributed by atoms with Crippen molar-refractivity contribution >= 4 is 43.8 Å². The predicted octanol–water partition coefficient (Wildman–Crippen LogP) is 3.49. The number of carbonyl (C=O) groups excluding carboxylic acids is 1. The van der Waals surface area contributed by atoms with Gasteiger partial charge in [0, 0.05) is 42.7 Å². The summed E-state index contributed by atoms with van der Waals surface area (Å²) in [6, 6.07) is 8.02. The number of anilines is 3. The molecule has 6 heterocycles. The van der Waals surface area contributed by atoms with Crippen LogP contribution in [0.15, 0.2) is 18.2 Å². The van der Waals surface area contributed by atoms with Gasteiger partial charge in [0.1, 0.15) is 35.2 Å². The molecule has 3 fully saturated rings. The first-order chi connectivity index (χ1) is 19.5. The first kappa shape index (κ1) is 25.4. The lowest BCUT2D eigenvalue weighted by Gasteiger charge is -2.31. The Hall–Kier alpha value is -3.53. The van der Waals surface area contributed by atoms with Crippen molar-refractivity contribution in [2.24, 2.45) is 0 Å². The summed E-state index contributed by atoms with van der Waals surface area (Å²) in [5.74, 6) is 0.311. The van der Waals surface area contributed by atoms with Crippen LogP contribution in [0.2, 0.25) is 0 Å². The van der Waals surface area contributed by atoms with Gasteiger partial charge in [-0.15, -0.1) is 11.3 Å². The molecule has 2 N–H and O–H groups in total. The number of halogens is 1. The van der Waals surface area contributed by atoms with Crippen LogP contribution in [0.5, 0.6) is 6.01 Å². The number of rotatable bonds is 5. The summed E-state index contributed by atoms with van der Waals surface area (Å²) < 4.78 is 27.1. The minimum Gasteiger partial charge on any atom is -0.461 e. The summed E-state index contributed by atoms with van der Waals surface area (Å²) >= 11 is 1.33. The molecule has 0 unspecified atom stereocenters. The molecule has 40 heavy (non-hydrogen) atoms. The Balaban J connectivity index is 1.27. The molecule has 1 aromatic carbocycles. The van der Waals surface area contributed by atoms with Crippen LogP contribution in [0, 0.1) is 11.3 Å². The molecule has 1 amide bonds. The van der Waals surface area contributed by atoms with Gasteiger partial charge in [-0.05, 0) is 37.9 Å². The number of ether oxygens (including phenoxy) is 2. The highest BCUT2D eigenvalue weighted by Crippen LogP contribution is 2.43. The van der Waals surface area contributed by atoms with Crippen molar-refractivity contribution in [3.8, 4) is 12.1 Å². The molecule has 7 rings (SSSR count). The Morgan fingerprint density at radius 1 is 1.25 bits per heavy atom. The summed E-state index contributed by atoms with van der Waals surface area (Å²) in [5.41, 5.74) is 7.83. The third-order valence-electron chi connectivity index (χ3n) is 8.59. The average molecular weight is 564 g/mol. The zero-order chi connectivity index (χ0) is 27.4. The van der Waals surface area contributed by atoms with Crippen LogP contribution in [0.25, 0.3) is 10.1 Å². The van der Waals surface area contributed by atoms with E-state index in [0.717, 1.165) is 30.5 Å². The molecule has 0 saturated carbocycles. The maximum absolute atomic E-state index is 14.3. The fourth-order valence-corrected chi connectivity index (χ4v) is 7.68. The zero-order valence-corrected chi connectivity index (χ0v) is 22.9. The number of nitriles is 1. The van der Waals surface area contributed by atoms with Crippen molar-refractivity contribution in [3.63, 3.8) is 0 Å². The number of thiophene rings is 1. The van der Waals surface area contributed by atoms with E-state index in [1.807, 2.05) is 18.2 Å². The van der Waals surface area contributed by atoms with E-state index in [-0.39, 0.29) is 24.0 Å². The summed E-state index contributed by atoms with van der Waals surface area (Å²) in [4.78, 5) is 29.5. The number of amides is 1. The van der Waals surface area contributed by atoms with Crippen molar-refractivity contribution in [3.05, 3.63) is 35.0 Å². The van der Waals surface area contributed by atoms with E-state index in [2.05, 4.69) is 15.9 Å². The molecular formula is C28H30FN7O3S. The van der Waals surface area contributed by atoms with E-state index < -0.39 is 6.17 Å². The van der Waals surface area contributed by atoms with Crippen LogP contribution in [0.4, 0.5) is 20.9 Å². The van der Waals surface area contributed by atoms with E-state index >= 15 is 0 Å². The first-order valence-electron chi connectivity index (χ1n) is 13.8. The number of hydrogen-bond acceptors (Lipinski definition) is 10. The molecule has 3 saturated heterocycles. The molecule has 10 nitrogen and oxygen atoms in total. The second kappa shape index (κ2) is 9.83. The van der Waals surface area contributed by atoms with Gasteiger partial charge < -0.3 is 25.0 Å². The van der Waals surface area contributed by atoms with E-state index in [1.165, 1.54) is 11.3 Å². The van der Waals surface area contributed by atoms with Crippen LogP contribution in [0.3, 0.4) is 0 Å². The van der Waals surface area contributed by atoms with Gasteiger partial charge in [0.15, 0.2) is 0 Å². The lowest BCUT2D eigenvalue weighted by atomic mass is 9.95. The summed E-state index contributed by atoms with van der Waals surface area (Å²) in [7, 11) is 0. The molecule has 2 atom stereocenters. The van der Waals surface area contributed by atoms with Gasteiger partial charge in [0.25, 0.3) is 5.91 Å². The Kier molecular flexibility index (Phi) is 6.25. The number of alkyl halides is 1. The van der Waals surface area contributed by atoms with Gasteiger partial charge in [0.05, 0.1) is 35.6 Å². The Labute approximate surface area is 235 Å². The topological polar surface area (TPSA) is 121 Å². The summed E-state index contributed by atoms with van der Waals surface area (Å²) in [5, 5.41) is 10.9. The summed E-state index contributed by atoms with van der Waals surface area (Å²) in [6.45, 7) is 4.30. The zero-order valence-electron chi connectivity index (χ0n) is 22.1. The predicted molar refractivity (Wildman–Crippen MR) is 150 cm³/mol. The van der Waals surface area contributed by atoms with Gasteiger partial charge in [0.2, 0.25) is 0 Å². The highest BCUT2D eigenvalue weighted by molar-refractivity contribution is 7.23. The number of benzene rings is 1. The second-order valence-electron chi connectivity index (χ2n) is 11.0. The van der Waals surface area contributed by atoms with E-state index in [0.29, 0.717) is 84.6 Å². The third kappa shape index (κ3) is 4.06. The molecule has 4 aliphatic rings. The molecule has 0 bridgehead atoms. The fourth-order valence-electron chi connectivity index (χ4n) is 6.74. The monoisotopic (exact) mass is 563 g/mol. The maximum Gasteiger partial charge on any atom is 0.318 e. The molecule has 208 valence electrons. The number of nitrogens with zero attached hydrogens (tertiary/aromatic N) is 6. The fraction of sp³-hybridized carbons (Fsp3) is 0.500. The van der Waals surface area contributed by atoms with Crippen molar-refractivity contribution in [1.29, 1.82) is 5.26 Å². The normalized spacial score (nSPS) is 24.8. The highest BCUT2D eigenvalue weighted by atomic mass is 32.1. The van der Waals surface area contributed by atoms with Gasteiger partial charge in [-0.2, -0.15) is 15.2 Å². The second-order valence-corrected chi connectivity index (χ2v) is 12.0. The number of nitrogen functional groups attached to an aromatic ring is 1. The van der Waals surface area contributed by atoms with E-state index in [4.69, 9.17) is 25.2 Å². The molecule has 0 aliphatic carbocycles. The largest absolute Gasteiger partial charge is 0.461 e. The van der Waals surface area contributed by atoms with Gasteiger partial charge in [-0.25, -0.2) is 4.39 Å². The molecule has 3 aromatic rings. The van der Waals surface area contributed by atoms with Gasteiger partial charge >= 0.3 is 6.01 Å². The average Bonchev–Trinajstić information content (AvgIpc) is 3.59. The van der Waals surface area contributed by atoms with E-state index in [1.54, 1.807) is 4.90 Å². The Morgan fingerprint density at radius 2 is 2.15 bits per heavy atom. The molecule has 2 aromatic heterocycles. The SMILES string of the molecule is N#Cc1c(N)sc2cccc(N3Cc4nc(OC[C@@]56CCCN5C[C@H](F)C6)nc(N5CCCOCC5)c4C3=O)c12. The first-order valence-corrected chi connectivity index (χ1v) is 14.6. The number of nitrogens with two attached hydrogens (primary N) is 1. The molecule has 4 aliphatic heterocycles. The molecule has 0 spiro atoms. The van der Waals surface area contributed by atoms with Crippen LogP contribution in [-0.4, -0.2) is 78.5 Å². The molecular weight excluding hydrogens is 533 g/mol. The van der Waals surface area contributed by atoms with Crippen LogP contribution >= 0.6 is 11.3 Å². The summed E-state index contributed by atoms with van der Waals surface area (Å²) in [6.07, 6.45) is 2.32. The van der Waals surface area contributed by atoms with Crippen LogP contribution in [0.1, 0.15) is 47.3 Å². The van der Waals surface area contributed by atoms with Crippen molar-refractivity contribution < 1.29 is 18.7 Å². The quantitative estimate of drug-likeness (QED) is 0.497. The lowest BCUT2D eigenvalue weighted by molar-refractivity contribution is 0.0996. The number of carbonyl (C=O) groups is 1. The number of fused-ring (bicyclic) bond motifs is 3. The van der Waals surface area contributed by atoms with E-state index in [9.17, 15) is 14.4 Å². The van der Waals surface area contributed by atoms with Gasteiger partial charge in [-0.3, -0.25) is 9.69 Å². The highest BCUT2D eigenvalue weighted by Gasteiger charge is 2.49. The maximum atomic E-state index is 14.3. The van der Waals surface area contributed by atoms with Crippen LogP contribution < -0.4 is 20.3 Å². The minimum absolute atomic E-state index is 0.202. The Morgan fingerprint density at radius 3 is 3.02 bits per heavy atom. The molecule has 0 radical (unpaired) electrons. The van der Waals surface area contributed by atoms with Gasteiger partial charge in [-0.1, -0.05) is 6.07 Å². The van der Waals surface area contributed by atoms with Crippen molar-refractivity contribution in [2.75, 3.05) is 61.5 Å². The third-order valence-corrected chi connectivity index (χ3v) is 9.57. The van der Waals surface area contributed by atoms with Crippen LogP contribution in [-0.2, 0) is 11.3 Å². The Bertz CT molecular complexity index is 1530. The van der Waals surface area contributed by atoms with Crippen molar-refractivity contribution in [2.45, 2.75) is 43.9 Å². The molecule has 12 heteroatoms. The van der Waals surface area contributed by atoms with Crippen molar-refractivity contribution in [1.82, 2.24) is 14.9 Å². The minimum atomic E-state index is -0.851.